The van der Waals surface area contributed by atoms with Gasteiger partial charge in [-0.15, -0.1) is 0 Å². The van der Waals surface area contributed by atoms with Crippen molar-refractivity contribution >= 4 is 23.9 Å². The molecule has 0 N–H and O–H groups in total. The van der Waals surface area contributed by atoms with Gasteiger partial charge in [0.1, 0.15) is 12.7 Å². The van der Waals surface area contributed by atoms with Crippen LogP contribution in [0.25, 0.3) is 0 Å². The molecular weight excluding hydrogens is 516 g/mol. The smallest absolute Gasteiger partial charge is 0.338 e. The number of aryl methyl sites for hydroxylation is 3. The van der Waals surface area contributed by atoms with Gasteiger partial charge < -0.3 is 23.7 Å². The Bertz CT molecular complexity index is 1360. The molecule has 0 amide bonds. The Morgan fingerprint density at radius 3 is 1.43 bits per heavy atom. The highest BCUT2D eigenvalue weighted by Gasteiger charge is 2.52. The van der Waals surface area contributed by atoms with Crippen LogP contribution in [0.1, 0.15) is 54.7 Å². The first-order valence-corrected chi connectivity index (χ1v) is 12.7. The van der Waals surface area contributed by atoms with Crippen molar-refractivity contribution in [1.82, 2.24) is 0 Å². The second kappa shape index (κ2) is 12.6. The van der Waals surface area contributed by atoms with E-state index in [1.807, 2.05) is 20.8 Å². The van der Waals surface area contributed by atoms with E-state index < -0.39 is 48.5 Å². The predicted octanol–water partition coefficient (Wildman–Crippen LogP) is 4.51. The molecule has 0 aliphatic carbocycles. The van der Waals surface area contributed by atoms with Crippen molar-refractivity contribution in [2.24, 2.45) is 0 Å². The summed E-state index contributed by atoms with van der Waals surface area (Å²) in [6, 6.07) is 20.1. The first-order valence-electron chi connectivity index (χ1n) is 12.7. The van der Waals surface area contributed by atoms with Crippen LogP contribution in [0, 0.1) is 20.8 Å². The van der Waals surface area contributed by atoms with E-state index in [1.165, 1.54) is 6.92 Å². The van der Waals surface area contributed by atoms with E-state index in [9.17, 15) is 19.2 Å². The van der Waals surface area contributed by atoms with Crippen molar-refractivity contribution < 1.29 is 42.9 Å². The highest BCUT2D eigenvalue weighted by Crippen LogP contribution is 2.30. The maximum Gasteiger partial charge on any atom is 0.338 e. The van der Waals surface area contributed by atoms with Gasteiger partial charge in [-0.2, -0.15) is 0 Å². The summed E-state index contributed by atoms with van der Waals surface area (Å²) in [6.45, 7) is 6.44. The van der Waals surface area contributed by atoms with Crippen molar-refractivity contribution in [3.8, 4) is 0 Å². The minimum Gasteiger partial charge on any atom is -0.459 e. The third-order valence-corrected chi connectivity index (χ3v) is 6.28. The van der Waals surface area contributed by atoms with Crippen LogP contribution in [0.3, 0.4) is 0 Å². The summed E-state index contributed by atoms with van der Waals surface area (Å²) in [7, 11) is 0. The summed E-state index contributed by atoms with van der Waals surface area (Å²) in [5, 5.41) is 0. The van der Waals surface area contributed by atoms with E-state index in [0.29, 0.717) is 5.56 Å². The van der Waals surface area contributed by atoms with Crippen LogP contribution in [-0.2, 0) is 28.5 Å². The normalized spacial score (nSPS) is 19.9. The zero-order valence-electron chi connectivity index (χ0n) is 22.6. The van der Waals surface area contributed by atoms with Crippen LogP contribution in [0.4, 0.5) is 0 Å². The third kappa shape index (κ3) is 7.12. The Morgan fingerprint density at radius 2 is 1.00 bits per heavy atom. The van der Waals surface area contributed by atoms with Crippen molar-refractivity contribution in [2.75, 3.05) is 6.61 Å². The Kier molecular flexibility index (Phi) is 8.96. The lowest BCUT2D eigenvalue weighted by Crippen LogP contribution is -2.42. The largest absolute Gasteiger partial charge is 0.459 e. The molecule has 1 fully saturated rings. The number of esters is 4. The average molecular weight is 547 g/mol. The van der Waals surface area contributed by atoms with E-state index in [0.717, 1.165) is 16.7 Å². The monoisotopic (exact) mass is 546 g/mol. The molecule has 0 spiro atoms. The van der Waals surface area contributed by atoms with Crippen LogP contribution in [0.15, 0.2) is 72.8 Å². The molecule has 1 aliphatic rings. The van der Waals surface area contributed by atoms with Crippen LogP contribution >= 0.6 is 0 Å². The van der Waals surface area contributed by atoms with Gasteiger partial charge in [-0.1, -0.05) is 53.1 Å². The molecule has 1 saturated heterocycles. The van der Waals surface area contributed by atoms with E-state index in [4.69, 9.17) is 23.7 Å². The summed E-state index contributed by atoms with van der Waals surface area (Å²) in [5.74, 6) is -2.79. The molecule has 3 aromatic carbocycles. The van der Waals surface area contributed by atoms with Crippen molar-refractivity contribution in [3.05, 3.63) is 106 Å². The number of carbonyl (C=O) groups excluding carboxylic acids is 4. The van der Waals surface area contributed by atoms with E-state index in [2.05, 4.69) is 0 Å². The molecule has 0 unspecified atom stereocenters. The molecule has 9 heteroatoms. The first-order chi connectivity index (χ1) is 19.1. The van der Waals surface area contributed by atoms with E-state index >= 15 is 0 Å². The highest BCUT2D eigenvalue weighted by atomic mass is 16.8. The summed E-state index contributed by atoms with van der Waals surface area (Å²) >= 11 is 0. The number of benzene rings is 3. The second-order valence-electron chi connectivity index (χ2n) is 9.59. The molecule has 4 atom stereocenters. The maximum atomic E-state index is 13.1. The molecule has 0 saturated carbocycles. The lowest BCUT2D eigenvalue weighted by molar-refractivity contribution is -0.187. The van der Waals surface area contributed by atoms with Gasteiger partial charge in [-0.3, -0.25) is 4.79 Å². The third-order valence-electron chi connectivity index (χ3n) is 6.28. The molecule has 4 rings (SSSR count). The van der Waals surface area contributed by atoms with Gasteiger partial charge >= 0.3 is 23.9 Å². The number of hydrogen-bond donors (Lipinski definition) is 0. The first kappa shape index (κ1) is 28.5. The fourth-order valence-corrected chi connectivity index (χ4v) is 4.05. The zero-order chi connectivity index (χ0) is 28.8. The van der Waals surface area contributed by atoms with E-state index in [1.54, 1.807) is 72.8 Å². The number of rotatable bonds is 8. The van der Waals surface area contributed by atoms with Gasteiger partial charge in [0.15, 0.2) is 6.10 Å². The lowest BCUT2D eigenvalue weighted by atomic mass is 10.1. The fraction of sp³-hybridized carbons (Fsp3) is 0.290. The summed E-state index contributed by atoms with van der Waals surface area (Å²) in [5.41, 5.74) is 3.67. The van der Waals surface area contributed by atoms with Gasteiger partial charge in [-0.25, -0.2) is 14.4 Å². The van der Waals surface area contributed by atoms with Crippen molar-refractivity contribution in [2.45, 2.75) is 52.3 Å². The van der Waals surface area contributed by atoms with Crippen molar-refractivity contribution in [3.63, 3.8) is 0 Å². The predicted molar refractivity (Wildman–Crippen MR) is 143 cm³/mol. The zero-order valence-corrected chi connectivity index (χ0v) is 22.6. The molecule has 40 heavy (non-hydrogen) atoms. The van der Waals surface area contributed by atoms with Crippen LogP contribution in [0.2, 0.25) is 0 Å². The average Bonchev–Trinajstić information content (AvgIpc) is 3.22. The Labute approximate surface area is 231 Å². The summed E-state index contributed by atoms with van der Waals surface area (Å²) in [4.78, 5) is 50.6. The molecule has 208 valence electrons. The molecule has 0 bridgehead atoms. The summed E-state index contributed by atoms with van der Waals surface area (Å²) < 4.78 is 28.0. The minimum absolute atomic E-state index is 0.241. The molecule has 3 aromatic rings. The molecule has 9 nitrogen and oxygen atoms in total. The standard InChI is InChI=1S/C31H30O9/c1-18-5-11-22(12-6-18)28(33)36-17-25-26(39-29(34)23-13-7-19(2)8-14-23)27(31(38-25)37-21(4)32)40-30(35)24-15-9-20(3)10-16-24/h5-16,25-27,31H,17H2,1-4H3/t25-,26-,27-,31-/m1/s1. The van der Waals surface area contributed by atoms with Crippen LogP contribution < -0.4 is 0 Å². The number of ether oxygens (including phenoxy) is 5. The van der Waals surface area contributed by atoms with Gasteiger partial charge in [0.05, 0.1) is 16.7 Å². The highest BCUT2D eigenvalue weighted by molar-refractivity contribution is 5.91. The SMILES string of the molecule is CC(=O)O[C@@H]1O[C@H](COC(=O)c2ccc(C)cc2)[C@@H](OC(=O)c2ccc(C)cc2)[C@H]1OC(=O)c1ccc(C)cc1. The maximum absolute atomic E-state index is 13.1. The van der Waals surface area contributed by atoms with Crippen LogP contribution in [0.5, 0.6) is 0 Å². The Morgan fingerprint density at radius 1 is 0.600 bits per heavy atom. The lowest BCUT2D eigenvalue weighted by Gasteiger charge is -2.24. The Hall–Kier alpha value is -4.50. The summed E-state index contributed by atoms with van der Waals surface area (Å²) in [6.07, 6.45) is -5.12. The Balaban J connectivity index is 1.59. The molecular formula is C31H30O9. The quantitative estimate of drug-likeness (QED) is 0.297. The van der Waals surface area contributed by atoms with Crippen LogP contribution in [-0.4, -0.2) is 55.1 Å². The van der Waals surface area contributed by atoms with E-state index in [-0.39, 0.29) is 17.7 Å². The molecule has 0 aromatic heterocycles. The topological polar surface area (TPSA) is 114 Å². The number of carbonyl (C=O) groups is 4. The minimum atomic E-state index is -1.41. The van der Waals surface area contributed by atoms with Gasteiger partial charge in [0.2, 0.25) is 12.4 Å². The van der Waals surface area contributed by atoms with Gasteiger partial charge in [0, 0.05) is 6.92 Å². The fourth-order valence-electron chi connectivity index (χ4n) is 4.05. The molecule has 1 aliphatic heterocycles. The molecule has 1 heterocycles. The molecule has 0 radical (unpaired) electrons. The second-order valence-corrected chi connectivity index (χ2v) is 9.59. The van der Waals surface area contributed by atoms with Crippen molar-refractivity contribution in [1.29, 1.82) is 0 Å². The van der Waals surface area contributed by atoms with Gasteiger partial charge in [0.25, 0.3) is 0 Å². The van der Waals surface area contributed by atoms with Gasteiger partial charge in [-0.05, 0) is 57.2 Å². The number of hydrogen-bond acceptors (Lipinski definition) is 9.